The predicted octanol–water partition coefficient (Wildman–Crippen LogP) is 3.02. The van der Waals surface area contributed by atoms with Gasteiger partial charge in [-0.1, -0.05) is 0 Å². The molecule has 0 aromatic carbocycles. The van der Waals surface area contributed by atoms with Crippen LogP contribution in [0.4, 0.5) is 4.79 Å². The third-order valence-corrected chi connectivity index (χ3v) is 6.31. The van der Waals surface area contributed by atoms with Crippen molar-refractivity contribution >= 4 is 12.0 Å². The van der Waals surface area contributed by atoms with E-state index in [-0.39, 0.29) is 30.8 Å². The first-order chi connectivity index (χ1) is 16.4. The molecule has 2 rings (SSSR count). The number of carbonyl (C=O) groups excluding carboxylic acids is 2. The molecule has 2 N–H and O–H groups in total. The fraction of sp³-hybridized carbons (Fsp3) is 0.923. The summed E-state index contributed by atoms with van der Waals surface area (Å²) >= 11 is 0. The Balaban J connectivity index is 0.000000379. The maximum atomic E-state index is 11.7. The third-order valence-electron chi connectivity index (χ3n) is 6.31. The van der Waals surface area contributed by atoms with Crippen LogP contribution in [-0.2, 0) is 19.0 Å². The highest BCUT2D eigenvalue weighted by molar-refractivity contribution is 5.76. The van der Waals surface area contributed by atoms with E-state index in [1.165, 1.54) is 30.6 Å². The van der Waals surface area contributed by atoms with Gasteiger partial charge >= 0.3 is 6.09 Å². The lowest BCUT2D eigenvalue weighted by Crippen LogP contribution is -2.42. The molecule has 0 aliphatic heterocycles. The number of nitrogens with one attached hydrogen (secondary N) is 2. The normalized spacial score (nSPS) is 24.8. The lowest BCUT2D eigenvalue weighted by molar-refractivity contribution is -0.136. The third kappa shape index (κ3) is 15.3. The molecule has 2 saturated carbocycles. The summed E-state index contributed by atoms with van der Waals surface area (Å²) in [6.45, 7) is 7.58. The van der Waals surface area contributed by atoms with Gasteiger partial charge in [-0.25, -0.2) is 4.79 Å². The molecule has 9 nitrogen and oxygen atoms in total. The van der Waals surface area contributed by atoms with Gasteiger partial charge in [0.2, 0.25) is 5.91 Å². The summed E-state index contributed by atoms with van der Waals surface area (Å²) in [4.78, 5) is 26.8. The van der Waals surface area contributed by atoms with Crippen LogP contribution in [0.1, 0.15) is 72.1 Å². The van der Waals surface area contributed by atoms with Crippen LogP contribution in [0.5, 0.6) is 0 Å². The van der Waals surface area contributed by atoms with Gasteiger partial charge in [-0.2, -0.15) is 0 Å². The smallest absolute Gasteiger partial charge is 0.407 e. The van der Waals surface area contributed by atoms with E-state index in [1.807, 2.05) is 20.8 Å². The minimum absolute atomic E-state index is 0.0241. The lowest BCUT2D eigenvalue weighted by Gasteiger charge is -2.30. The van der Waals surface area contributed by atoms with Crippen LogP contribution in [-0.4, -0.2) is 107 Å². The number of rotatable bonds is 9. The molecular formula is C26H52N4O5. The molecule has 0 bridgehead atoms. The van der Waals surface area contributed by atoms with Gasteiger partial charge in [-0.15, -0.1) is 0 Å². The molecule has 35 heavy (non-hydrogen) atoms. The Morgan fingerprint density at radius 3 is 1.80 bits per heavy atom. The second kappa shape index (κ2) is 16.3. The quantitative estimate of drug-likeness (QED) is 0.503. The van der Waals surface area contributed by atoms with Crippen molar-refractivity contribution in [3.63, 3.8) is 0 Å². The zero-order valence-electron chi connectivity index (χ0n) is 23.5. The summed E-state index contributed by atoms with van der Waals surface area (Å²) in [5.74, 6) is -0.0241. The zero-order valence-corrected chi connectivity index (χ0v) is 23.5. The molecule has 0 spiro atoms. The standard InChI is InChI=1S/C15H28N2O4.C11H24N2O/c1-15(2,3)21-14(19)16-11-6-8-12(9-7-11)20-10-13(18)17(4)5;1-12-10-4-6-11(7-5-10)14-9-8-13(2)3/h11-12H,6-10H2,1-5H3,(H,16,19);10-12H,4-9H2,1-3H3. The van der Waals surface area contributed by atoms with Crippen LogP contribution in [0.15, 0.2) is 0 Å². The summed E-state index contributed by atoms with van der Waals surface area (Å²) in [6, 6.07) is 0.855. The lowest BCUT2D eigenvalue weighted by atomic mass is 9.93. The molecule has 0 saturated heterocycles. The Bertz CT molecular complexity index is 593. The highest BCUT2D eigenvalue weighted by Crippen LogP contribution is 2.22. The Hall–Kier alpha value is -1.42. The van der Waals surface area contributed by atoms with E-state index in [0.29, 0.717) is 6.10 Å². The molecule has 0 aromatic rings. The Kier molecular flexibility index (Phi) is 14.8. The summed E-state index contributed by atoms with van der Waals surface area (Å²) < 4.78 is 16.7. The molecule has 0 aromatic heterocycles. The minimum atomic E-state index is -0.475. The first-order valence-corrected chi connectivity index (χ1v) is 13.1. The van der Waals surface area contributed by atoms with Crippen molar-refractivity contribution in [2.75, 3.05) is 55.0 Å². The number of hydrogen-bond acceptors (Lipinski definition) is 7. The van der Waals surface area contributed by atoms with E-state index in [1.54, 1.807) is 14.1 Å². The summed E-state index contributed by atoms with van der Waals surface area (Å²) in [5, 5.41) is 6.22. The average Bonchev–Trinajstić information content (AvgIpc) is 2.77. The minimum Gasteiger partial charge on any atom is -0.444 e. The van der Waals surface area contributed by atoms with Gasteiger partial charge in [0.15, 0.2) is 0 Å². The molecule has 9 heteroatoms. The highest BCUT2D eigenvalue weighted by atomic mass is 16.6. The summed E-state index contributed by atoms with van der Waals surface area (Å²) in [6.07, 6.45) is 8.62. The largest absolute Gasteiger partial charge is 0.444 e. The summed E-state index contributed by atoms with van der Waals surface area (Å²) in [5.41, 5.74) is -0.475. The molecule has 2 fully saturated rings. The van der Waals surface area contributed by atoms with E-state index in [2.05, 4.69) is 36.7 Å². The van der Waals surface area contributed by atoms with Gasteiger partial charge in [0, 0.05) is 32.7 Å². The Labute approximate surface area is 213 Å². The van der Waals surface area contributed by atoms with Crippen molar-refractivity contribution in [3.05, 3.63) is 0 Å². The maximum absolute atomic E-state index is 11.7. The Morgan fingerprint density at radius 2 is 1.34 bits per heavy atom. The Morgan fingerprint density at radius 1 is 0.829 bits per heavy atom. The second-order valence-corrected chi connectivity index (χ2v) is 11.2. The highest BCUT2D eigenvalue weighted by Gasteiger charge is 2.25. The number of nitrogens with zero attached hydrogens (tertiary/aromatic N) is 2. The molecule has 0 unspecified atom stereocenters. The van der Waals surface area contributed by atoms with Crippen molar-refractivity contribution in [2.24, 2.45) is 0 Å². The van der Waals surface area contributed by atoms with Crippen molar-refractivity contribution in [1.82, 2.24) is 20.4 Å². The van der Waals surface area contributed by atoms with Crippen LogP contribution in [0.3, 0.4) is 0 Å². The van der Waals surface area contributed by atoms with Crippen molar-refractivity contribution in [1.29, 1.82) is 0 Å². The number of amides is 2. The van der Waals surface area contributed by atoms with Crippen LogP contribution < -0.4 is 10.6 Å². The van der Waals surface area contributed by atoms with Crippen LogP contribution in [0.2, 0.25) is 0 Å². The van der Waals surface area contributed by atoms with Crippen LogP contribution in [0.25, 0.3) is 0 Å². The molecule has 2 aliphatic rings. The molecule has 2 amide bonds. The van der Waals surface area contributed by atoms with Gasteiger partial charge < -0.3 is 34.6 Å². The topological polar surface area (TPSA) is 92.4 Å². The first kappa shape index (κ1) is 31.6. The van der Waals surface area contributed by atoms with Crippen molar-refractivity contribution in [3.8, 4) is 0 Å². The van der Waals surface area contributed by atoms with Gasteiger partial charge in [0.1, 0.15) is 12.2 Å². The molecule has 2 aliphatic carbocycles. The van der Waals surface area contributed by atoms with E-state index in [9.17, 15) is 9.59 Å². The monoisotopic (exact) mass is 500 g/mol. The van der Waals surface area contributed by atoms with Gasteiger partial charge in [0.05, 0.1) is 18.8 Å². The fourth-order valence-corrected chi connectivity index (χ4v) is 4.09. The first-order valence-electron chi connectivity index (χ1n) is 13.1. The average molecular weight is 501 g/mol. The van der Waals surface area contributed by atoms with E-state index >= 15 is 0 Å². The number of hydrogen-bond donors (Lipinski definition) is 2. The van der Waals surface area contributed by atoms with Crippen molar-refractivity contribution < 1.29 is 23.8 Å². The predicted molar refractivity (Wildman–Crippen MR) is 140 cm³/mol. The van der Waals surface area contributed by atoms with E-state index in [0.717, 1.165) is 44.9 Å². The molecule has 0 heterocycles. The van der Waals surface area contributed by atoms with Gasteiger partial charge in [0.25, 0.3) is 0 Å². The number of alkyl carbamates (subject to hydrolysis) is 1. The van der Waals surface area contributed by atoms with Gasteiger partial charge in [-0.05, 0) is 93.3 Å². The molecule has 0 atom stereocenters. The summed E-state index contributed by atoms with van der Waals surface area (Å²) in [7, 11) is 9.65. The second-order valence-electron chi connectivity index (χ2n) is 11.2. The van der Waals surface area contributed by atoms with E-state index in [4.69, 9.17) is 14.2 Å². The van der Waals surface area contributed by atoms with Crippen LogP contribution >= 0.6 is 0 Å². The molecular weight excluding hydrogens is 448 g/mol. The number of likely N-dealkylation sites (N-methyl/N-ethyl adjacent to an activating group) is 2. The van der Waals surface area contributed by atoms with Crippen molar-refractivity contribution in [2.45, 2.75) is 102 Å². The number of ether oxygens (including phenoxy) is 3. The van der Waals surface area contributed by atoms with E-state index < -0.39 is 5.60 Å². The number of carbonyl (C=O) groups is 2. The molecule has 206 valence electrons. The fourth-order valence-electron chi connectivity index (χ4n) is 4.09. The maximum Gasteiger partial charge on any atom is 0.407 e. The van der Waals surface area contributed by atoms with Crippen LogP contribution in [0, 0.1) is 0 Å². The molecule has 0 radical (unpaired) electrons. The van der Waals surface area contributed by atoms with Gasteiger partial charge in [-0.3, -0.25) is 4.79 Å². The zero-order chi connectivity index (χ0) is 26.4. The SMILES string of the molecule is CN(C)C(=O)COC1CCC(NC(=O)OC(C)(C)C)CC1.CNC1CCC(OCCN(C)C)CC1.